The number of phenolic OH excluding ortho intramolecular Hbond substituents is 6. The van der Waals surface area contributed by atoms with Crippen molar-refractivity contribution in [3.05, 3.63) is 176 Å². The van der Waals surface area contributed by atoms with Gasteiger partial charge in [-0.3, -0.25) is 29.4 Å². The maximum atomic E-state index is 9.90. The van der Waals surface area contributed by atoms with Gasteiger partial charge in [0.15, 0.2) is 0 Å². The van der Waals surface area contributed by atoms with Crippen LogP contribution in [-0.2, 0) is 75.8 Å². The first kappa shape index (κ1) is 89.8. The third-order valence-corrected chi connectivity index (χ3v) is 38.3. The molecule has 6 aromatic rings. The van der Waals surface area contributed by atoms with Crippen molar-refractivity contribution >= 4 is 0 Å². The van der Waals surface area contributed by atoms with Gasteiger partial charge in [-0.1, -0.05) is 147 Å². The Morgan fingerprint density at radius 3 is 0.911 bits per heavy atom. The lowest BCUT2D eigenvalue weighted by Gasteiger charge is -2.56. The molecule has 10 aliphatic carbocycles. The summed E-state index contributed by atoms with van der Waals surface area (Å²) in [6.07, 6.45) is 25.5. The van der Waals surface area contributed by atoms with Crippen molar-refractivity contribution in [2.75, 3.05) is 79.2 Å². The number of hydrogen-bond donors (Lipinski definition) is 6. The second kappa shape index (κ2) is 34.0. The molecule has 4 saturated carbocycles. The van der Waals surface area contributed by atoms with Crippen LogP contribution in [-0.4, -0.2) is 188 Å². The van der Waals surface area contributed by atoms with Crippen molar-refractivity contribution in [2.45, 2.75) is 334 Å². The Balaban J connectivity index is 0.000000105. The fourth-order valence-electron chi connectivity index (χ4n) is 28.0. The summed E-state index contributed by atoms with van der Waals surface area (Å²) in [5.41, 5.74) is 19.4. The minimum atomic E-state index is 0.195. The lowest BCUT2D eigenvalue weighted by atomic mass is 9.58. The molecule has 12 bridgehead atoms. The summed E-state index contributed by atoms with van der Waals surface area (Å²) in [7, 11) is 1.77. The molecule has 4 unspecified atom stereocenters. The molecule has 13 nitrogen and oxygen atoms in total. The number of phenols is 6. The average Bonchev–Trinajstić information content (AvgIpc) is 1.32. The number of nitrogens with zero attached hydrogens (tertiary/aromatic N) is 6. The molecule has 22 rings (SSSR count). The van der Waals surface area contributed by atoms with Gasteiger partial charge in [0.1, 0.15) is 34.5 Å². The van der Waals surface area contributed by atoms with Crippen molar-refractivity contribution in [1.29, 1.82) is 0 Å². The molecule has 676 valence electrons. The van der Waals surface area contributed by atoms with E-state index in [0.29, 0.717) is 117 Å². The van der Waals surface area contributed by atoms with Crippen molar-refractivity contribution in [3.8, 4) is 34.5 Å². The number of aromatic hydroxyl groups is 6. The largest absolute Gasteiger partial charge is 0.508 e. The second-order valence-electron chi connectivity index (χ2n) is 46.8. The summed E-state index contributed by atoms with van der Waals surface area (Å²) in [6, 6.07) is 41.6. The molecule has 6 aromatic carbocycles. The van der Waals surface area contributed by atoms with Gasteiger partial charge in [0, 0.05) is 81.6 Å². The molecule has 0 spiro atoms. The molecule has 20 atom stereocenters. The number of hydrogen-bond acceptors (Lipinski definition) is 13. The topological polar surface area (TPSA) is 150 Å². The molecular weight excluding hydrogens is 1530 g/mol. The van der Waals surface area contributed by atoms with E-state index < -0.39 is 0 Å². The first-order valence-corrected chi connectivity index (χ1v) is 49.7. The molecule has 0 radical (unpaired) electrons. The van der Waals surface area contributed by atoms with Crippen molar-refractivity contribution < 1.29 is 35.4 Å². The van der Waals surface area contributed by atoms with Crippen LogP contribution in [0.25, 0.3) is 0 Å². The van der Waals surface area contributed by atoms with Crippen LogP contribution in [0.15, 0.2) is 109 Å². The standard InChI is InChI=1S/3C19H27NO.C19H29NO.C18H25NO.C17H25NO2/c1-13-17-10-14-4-5-15(21)11-16(14)19(13,3)8-9-20(17)12-18(2)6-7-18;2*1-12-18-10-15-6-7-16(21)11-17(15)19(12,3)8-9-20(18)13(2)14-4-5-14;1-13-17-10-14-6-7-15(21)11-16(14)19(13,5)8-9-20(17)12-18(2,3)4;1-12-17-9-14-5-6-15(20)10-16(14)18(12,2)7-8-19(17)11-13-3-4-13;1-12-16-10-13-4-5-14(19)11-15(13)17(12,2)6-7-18(16)8-9-20-3/h4-5,11,13,17,21H,6-10,12H2,1-3H3;2*6-7,11-14,18,21H,4-5,8-10H2,1-3H3;6-7,11,13,17,21H,8-10,12H2,1-5H3;5-6,10,12-13,17,20H,3-4,7-9,11H2,1-2H3;4-5,11-12,16,19H,6-10H2,1-3H3/t13?,17?,19-;12-,13+,18+,19+;12-,13-,18+,19+;13?,17?,19-;12-,17+,18+;12-,16+,17+/m100100/s1. The van der Waals surface area contributed by atoms with Gasteiger partial charge in [0.25, 0.3) is 0 Å². The number of rotatable bonds is 12. The van der Waals surface area contributed by atoms with E-state index in [1.807, 2.05) is 72.8 Å². The van der Waals surface area contributed by atoms with Crippen LogP contribution in [0.3, 0.4) is 0 Å². The summed E-state index contributed by atoms with van der Waals surface area (Å²) in [5.74, 6) is 9.34. The predicted octanol–water partition coefficient (Wildman–Crippen LogP) is 21.0. The second-order valence-corrected chi connectivity index (χ2v) is 46.8. The molecule has 6 saturated heterocycles. The third kappa shape index (κ3) is 17.0. The number of likely N-dealkylation sites (tertiary alicyclic amines) is 6. The highest BCUT2D eigenvalue weighted by Gasteiger charge is 2.57. The van der Waals surface area contributed by atoms with Crippen LogP contribution >= 0.6 is 0 Å². The fraction of sp³-hybridized carbons (Fsp3) is 0.676. The molecule has 124 heavy (non-hydrogen) atoms. The highest BCUT2D eigenvalue weighted by atomic mass is 16.5. The van der Waals surface area contributed by atoms with E-state index in [0.717, 1.165) is 88.1 Å². The number of piperidine rings is 6. The summed E-state index contributed by atoms with van der Waals surface area (Å²) >= 11 is 0. The van der Waals surface area contributed by atoms with Gasteiger partial charge < -0.3 is 35.4 Å². The van der Waals surface area contributed by atoms with Gasteiger partial charge in [0.05, 0.1) is 6.61 Å². The van der Waals surface area contributed by atoms with E-state index in [-0.39, 0.29) is 32.5 Å². The summed E-state index contributed by atoms with van der Waals surface area (Å²) < 4.78 is 5.25. The normalized spacial score (nSPS) is 35.6. The summed E-state index contributed by atoms with van der Waals surface area (Å²) in [4.78, 5) is 16.4. The van der Waals surface area contributed by atoms with E-state index in [1.165, 1.54) is 209 Å². The van der Waals surface area contributed by atoms with Gasteiger partial charge in [-0.2, -0.15) is 0 Å². The van der Waals surface area contributed by atoms with Gasteiger partial charge in [-0.15, -0.1) is 0 Å². The Labute approximate surface area is 747 Å². The summed E-state index contributed by atoms with van der Waals surface area (Å²) in [5, 5.41) is 59.2. The maximum Gasteiger partial charge on any atom is 0.115 e. The third-order valence-electron chi connectivity index (χ3n) is 38.3. The van der Waals surface area contributed by atoms with Gasteiger partial charge in [-0.05, 0) is 418 Å². The lowest BCUT2D eigenvalue weighted by Crippen LogP contribution is -2.60. The zero-order valence-electron chi connectivity index (χ0n) is 79.9. The molecular formula is C111H160N6O7. The zero-order chi connectivity index (χ0) is 88.0. The van der Waals surface area contributed by atoms with E-state index in [9.17, 15) is 30.6 Å². The highest BCUT2D eigenvalue weighted by Crippen LogP contribution is 2.59. The fourth-order valence-corrected chi connectivity index (χ4v) is 28.0. The predicted molar refractivity (Wildman–Crippen MR) is 506 cm³/mol. The molecule has 0 amide bonds. The first-order valence-electron chi connectivity index (χ1n) is 49.7. The molecule has 6 heterocycles. The molecule has 0 aromatic heterocycles. The van der Waals surface area contributed by atoms with Crippen LogP contribution in [0.4, 0.5) is 0 Å². The van der Waals surface area contributed by atoms with E-state index in [1.54, 1.807) is 7.11 Å². The molecule has 13 heteroatoms. The molecule has 6 aliphatic heterocycles. The minimum absolute atomic E-state index is 0.195. The van der Waals surface area contributed by atoms with Gasteiger partial charge in [-0.25, -0.2) is 0 Å². The zero-order valence-corrected chi connectivity index (χ0v) is 79.9. The SMILES string of the molecule is CC1C2Cc3ccc(O)cc3[C@]1(C)CCN2CC(C)(C)C.CC1C2Cc3ccc(O)cc3[C@]1(C)CCN2CC1(C)CC1.COCCN1CC[C@@]2(C)c3cc(O)ccc3C[C@@H]1[C@@H]2C.C[C@@H](C1CC1)N1CC[C@@]2(C)c3cc(O)ccc3C[C@@H]1[C@@H]2C.C[C@H](C1CC1)N1CC[C@@]2(C)c3cc(O)ccc3C[C@@H]1[C@@H]2C.C[C@H]1[C@H]2Cc3ccc(O)cc3[C@]1(C)CCN2CC1CC1. The lowest BCUT2D eigenvalue weighted by molar-refractivity contribution is 0.000385. The van der Waals surface area contributed by atoms with Crippen LogP contribution in [0.1, 0.15) is 281 Å². The Bertz CT molecular complexity index is 4630. The Kier molecular flexibility index (Phi) is 24.6. The first-order chi connectivity index (χ1) is 58.8. The van der Waals surface area contributed by atoms with Crippen LogP contribution < -0.4 is 0 Å². The van der Waals surface area contributed by atoms with Crippen LogP contribution in [0, 0.1) is 64.1 Å². The highest BCUT2D eigenvalue weighted by molar-refractivity contribution is 5.50. The van der Waals surface area contributed by atoms with Crippen molar-refractivity contribution in [2.24, 2.45) is 64.1 Å². The Morgan fingerprint density at radius 2 is 0.613 bits per heavy atom. The summed E-state index contributed by atoms with van der Waals surface area (Å²) in [6.45, 7) is 56.1. The van der Waals surface area contributed by atoms with Gasteiger partial charge in [0.2, 0.25) is 0 Å². The van der Waals surface area contributed by atoms with Crippen molar-refractivity contribution in [3.63, 3.8) is 0 Å². The number of methoxy groups -OCH3 is 1. The van der Waals surface area contributed by atoms with Crippen LogP contribution in [0.2, 0.25) is 0 Å². The quantitative estimate of drug-likeness (QED) is 0.0691. The van der Waals surface area contributed by atoms with Crippen LogP contribution in [0.5, 0.6) is 34.5 Å². The maximum absolute atomic E-state index is 9.90. The van der Waals surface area contributed by atoms with Crippen molar-refractivity contribution in [1.82, 2.24) is 29.4 Å². The molecule has 6 N–H and O–H groups in total. The number of fused-ring (bicyclic) bond motifs is 24. The molecule has 10 fully saturated rings. The van der Waals surface area contributed by atoms with E-state index in [2.05, 4.69) is 190 Å². The average molecular weight is 1690 g/mol. The van der Waals surface area contributed by atoms with E-state index in [4.69, 9.17) is 4.74 Å². The minimum Gasteiger partial charge on any atom is -0.508 e. The number of ether oxygens (including phenoxy) is 1. The number of benzene rings is 6. The Hall–Kier alpha value is -6.16. The van der Waals surface area contributed by atoms with Gasteiger partial charge >= 0.3 is 0 Å². The smallest absolute Gasteiger partial charge is 0.115 e. The molecule has 16 aliphatic rings. The van der Waals surface area contributed by atoms with E-state index >= 15 is 0 Å². The Morgan fingerprint density at radius 1 is 0.347 bits per heavy atom. The monoisotopic (exact) mass is 1690 g/mol.